The third kappa shape index (κ3) is 3.81. The average molecular weight is 286 g/mol. The number of carbonyl (C=O) groups excluding carboxylic acids is 1. The molecular weight excluding hydrogens is 267 g/mol. The first-order valence-electron chi connectivity index (χ1n) is 7.02. The molecule has 0 aliphatic rings. The Hall–Kier alpha value is -2.36. The number of rotatable bonds is 5. The first kappa shape index (κ1) is 15.0. The lowest BCUT2D eigenvalue weighted by molar-refractivity contribution is 0.102. The fourth-order valence-corrected chi connectivity index (χ4v) is 2.02. The molecule has 110 valence electrons. The van der Waals surface area contributed by atoms with E-state index in [0.717, 1.165) is 24.2 Å². The van der Waals surface area contributed by atoms with Gasteiger partial charge in [-0.15, -0.1) is 0 Å². The minimum absolute atomic E-state index is 0.188. The predicted octanol–water partition coefficient (Wildman–Crippen LogP) is 4.21. The Morgan fingerprint density at radius 3 is 2.57 bits per heavy atom. The van der Waals surface area contributed by atoms with Crippen molar-refractivity contribution in [2.75, 3.05) is 17.2 Å². The number of benzene rings is 2. The number of aryl methyl sites for hydroxylation is 1. The van der Waals surface area contributed by atoms with E-state index in [1.54, 1.807) is 24.3 Å². The number of nitrogens with one attached hydrogen (secondary N) is 2. The number of amides is 1. The molecule has 0 saturated carbocycles. The second-order valence-corrected chi connectivity index (χ2v) is 4.89. The summed E-state index contributed by atoms with van der Waals surface area (Å²) in [6.07, 6.45) is 1.04. The zero-order valence-corrected chi connectivity index (χ0v) is 12.2. The highest BCUT2D eigenvalue weighted by Gasteiger charge is 2.10. The largest absolute Gasteiger partial charge is 0.385 e. The molecule has 0 saturated heterocycles. The van der Waals surface area contributed by atoms with Gasteiger partial charge in [-0.25, -0.2) is 4.39 Å². The van der Waals surface area contributed by atoms with Crippen molar-refractivity contribution in [3.05, 3.63) is 59.4 Å². The monoisotopic (exact) mass is 286 g/mol. The number of hydrogen-bond acceptors (Lipinski definition) is 2. The molecule has 2 N–H and O–H groups in total. The first-order chi connectivity index (χ1) is 10.1. The van der Waals surface area contributed by atoms with Gasteiger partial charge in [0.25, 0.3) is 5.91 Å². The number of halogens is 1. The lowest BCUT2D eigenvalue weighted by Crippen LogP contribution is -2.13. The Morgan fingerprint density at radius 1 is 1.14 bits per heavy atom. The number of anilines is 2. The smallest absolute Gasteiger partial charge is 0.255 e. The van der Waals surface area contributed by atoms with Crippen LogP contribution >= 0.6 is 0 Å². The molecule has 0 aliphatic carbocycles. The summed E-state index contributed by atoms with van der Waals surface area (Å²) in [5, 5.41) is 5.88. The maximum Gasteiger partial charge on any atom is 0.255 e. The molecule has 4 heteroatoms. The van der Waals surface area contributed by atoms with Crippen molar-refractivity contribution in [2.45, 2.75) is 20.3 Å². The summed E-state index contributed by atoms with van der Waals surface area (Å²) in [4.78, 5) is 12.1. The topological polar surface area (TPSA) is 41.1 Å². The highest BCUT2D eigenvalue weighted by Crippen LogP contribution is 2.19. The zero-order chi connectivity index (χ0) is 15.2. The molecule has 21 heavy (non-hydrogen) atoms. The van der Waals surface area contributed by atoms with Crippen molar-refractivity contribution in [1.82, 2.24) is 0 Å². The van der Waals surface area contributed by atoms with Crippen LogP contribution in [-0.4, -0.2) is 12.5 Å². The Morgan fingerprint density at radius 2 is 1.90 bits per heavy atom. The van der Waals surface area contributed by atoms with Crippen molar-refractivity contribution in [3.8, 4) is 0 Å². The first-order valence-corrected chi connectivity index (χ1v) is 7.02. The second kappa shape index (κ2) is 6.88. The van der Waals surface area contributed by atoms with Crippen LogP contribution in [0.3, 0.4) is 0 Å². The van der Waals surface area contributed by atoms with E-state index in [9.17, 15) is 9.18 Å². The average Bonchev–Trinajstić information content (AvgIpc) is 2.48. The summed E-state index contributed by atoms with van der Waals surface area (Å²) in [7, 11) is 0. The van der Waals surface area contributed by atoms with Crippen LogP contribution in [0.4, 0.5) is 15.8 Å². The fourth-order valence-electron chi connectivity index (χ4n) is 2.02. The van der Waals surface area contributed by atoms with Crippen LogP contribution in [0.2, 0.25) is 0 Å². The Balaban J connectivity index is 2.13. The third-order valence-corrected chi connectivity index (χ3v) is 3.18. The highest BCUT2D eigenvalue weighted by atomic mass is 19.1. The van der Waals surface area contributed by atoms with E-state index in [0.29, 0.717) is 5.56 Å². The molecule has 2 aromatic rings. The Kier molecular flexibility index (Phi) is 4.93. The van der Waals surface area contributed by atoms with Gasteiger partial charge in [0.05, 0.1) is 5.69 Å². The number of hydrogen-bond donors (Lipinski definition) is 2. The van der Waals surface area contributed by atoms with Crippen LogP contribution in [0.15, 0.2) is 42.5 Å². The van der Waals surface area contributed by atoms with Crippen molar-refractivity contribution in [3.63, 3.8) is 0 Å². The van der Waals surface area contributed by atoms with Crippen molar-refractivity contribution < 1.29 is 9.18 Å². The van der Waals surface area contributed by atoms with Crippen molar-refractivity contribution in [2.24, 2.45) is 0 Å². The van der Waals surface area contributed by atoms with Gasteiger partial charge in [0, 0.05) is 17.8 Å². The van der Waals surface area contributed by atoms with Crippen molar-refractivity contribution >= 4 is 17.3 Å². The fraction of sp³-hybridized carbons (Fsp3) is 0.235. The van der Waals surface area contributed by atoms with Crippen LogP contribution in [0.5, 0.6) is 0 Å². The summed E-state index contributed by atoms with van der Waals surface area (Å²) >= 11 is 0. The molecule has 0 aliphatic heterocycles. The van der Waals surface area contributed by atoms with E-state index in [2.05, 4.69) is 17.6 Å². The van der Waals surface area contributed by atoms with Gasteiger partial charge in [0.15, 0.2) is 0 Å². The summed E-state index contributed by atoms with van der Waals surface area (Å²) in [6, 6.07) is 11.5. The van der Waals surface area contributed by atoms with Crippen molar-refractivity contribution in [1.29, 1.82) is 0 Å². The van der Waals surface area contributed by atoms with E-state index in [1.807, 2.05) is 13.0 Å². The lowest BCUT2D eigenvalue weighted by Gasteiger charge is -2.11. The van der Waals surface area contributed by atoms with Gasteiger partial charge >= 0.3 is 0 Å². The molecule has 0 spiro atoms. The summed E-state index contributed by atoms with van der Waals surface area (Å²) in [5.74, 6) is -0.756. The van der Waals surface area contributed by atoms with E-state index >= 15 is 0 Å². The molecule has 2 rings (SSSR count). The maximum absolute atomic E-state index is 13.5. The molecule has 2 aromatic carbocycles. The summed E-state index contributed by atoms with van der Waals surface area (Å²) in [6.45, 7) is 4.93. The van der Waals surface area contributed by atoms with E-state index in [1.165, 1.54) is 12.1 Å². The molecule has 0 radical (unpaired) electrons. The highest BCUT2D eigenvalue weighted by molar-refractivity contribution is 6.04. The SMILES string of the molecule is CCCNc1ccc(C(=O)Nc2ccccc2F)cc1C. The minimum Gasteiger partial charge on any atom is -0.385 e. The van der Waals surface area contributed by atoms with Crippen LogP contribution < -0.4 is 10.6 Å². The van der Waals surface area contributed by atoms with Gasteiger partial charge in [0.1, 0.15) is 5.82 Å². The van der Waals surface area contributed by atoms with E-state index in [4.69, 9.17) is 0 Å². The number of carbonyl (C=O) groups is 1. The van der Waals surface area contributed by atoms with Crippen LogP contribution in [0.1, 0.15) is 29.3 Å². The van der Waals surface area contributed by atoms with Gasteiger partial charge in [-0.3, -0.25) is 4.79 Å². The normalized spacial score (nSPS) is 10.2. The second-order valence-electron chi connectivity index (χ2n) is 4.89. The van der Waals surface area contributed by atoms with Gasteiger partial charge in [-0.1, -0.05) is 19.1 Å². The van der Waals surface area contributed by atoms with E-state index < -0.39 is 5.82 Å². The standard InChI is InChI=1S/C17H19FN2O/c1-3-10-19-15-9-8-13(11-12(15)2)17(21)20-16-7-5-4-6-14(16)18/h4-9,11,19H,3,10H2,1-2H3,(H,20,21). The Labute approximate surface area is 124 Å². The molecule has 0 heterocycles. The molecule has 0 bridgehead atoms. The molecule has 3 nitrogen and oxygen atoms in total. The van der Waals surface area contributed by atoms with Crippen LogP contribution in [0, 0.1) is 12.7 Å². The molecule has 0 unspecified atom stereocenters. The quantitative estimate of drug-likeness (QED) is 0.864. The minimum atomic E-state index is -0.441. The van der Waals surface area contributed by atoms with Crippen LogP contribution in [-0.2, 0) is 0 Å². The van der Waals surface area contributed by atoms with Gasteiger partial charge in [-0.2, -0.15) is 0 Å². The maximum atomic E-state index is 13.5. The molecule has 0 atom stereocenters. The Bertz CT molecular complexity index is 640. The van der Waals surface area contributed by atoms with Gasteiger partial charge in [-0.05, 0) is 49.2 Å². The number of para-hydroxylation sites is 1. The van der Waals surface area contributed by atoms with Gasteiger partial charge < -0.3 is 10.6 Å². The zero-order valence-electron chi connectivity index (χ0n) is 12.2. The molecule has 0 fully saturated rings. The summed E-state index contributed by atoms with van der Waals surface area (Å²) < 4.78 is 13.5. The predicted molar refractivity (Wildman–Crippen MR) is 84.3 cm³/mol. The van der Waals surface area contributed by atoms with Gasteiger partial charge in [0.2, 0.25) is 0 Å². The molecule has 0 aromatic heterocycles. The molecule has 1 amide bonds. The van der Waals surface area contributed by atoms with E-state index in [-0.39, 0.29) is 11.6 Å². The third-order valence-electron chi connectivity index (χ3n) is 3.18. The van der Waals surface area contributed by atoms with Crippen LogP contribution in [0.25, 0.3) is 0 Å². The molecular formula is C17H19FN2O. The lowest BCUT2D eigenvalue weighted by atomic mass is 10.1. The summed E-state index contributed by atoms with van der Waals surface area (Å²) in [5.41, 5.74) is 2.70.